The lowest BCUT2D eigenvalue weighted by Crippen LogP contribution is -2.51. The zero-order valence-electron chi connectivity index (χ0n) is 14.7. The van der Waals surface area contributed by atoms with Crippen LogP contribution in [-0.4, -0.2) is 65.6 Å². The Labute approximate surface area is 177 Å². The number of amides is 1. The summed E-state index contributed by atoms with van der Waals surface area (Å²) in [5, 5.41) is 7.16. The van der Waals surface area contributed by atoms with E-state index in [0.717, 1.165) is 38.8 Å². The van der Waals surface area contributed by atoms with Gasteiger partial charge in [-0.25, -0.2) is 5.01 Å². The average molecular weight is 496 g/mol. The van der Waals surface area contributed by atoms with Gasteiger partial charge in [0.2, 0.25) is 5.91 Å². The Balaban J connectivity index is 1.34. The lowest BCUT2D eigenvalue weighted by atomic mass is 10.1. The van der Waals surface area contributed by atoms with Crippen LogP contribution < -0.4 is 0 Å². The summed E-state index contributed by atoms with van der Waals surface area (Å²) in [5.74, 6) is 1.07. The van der Waals surface area contributed by atoms with Crippen LogP contribution in [0.15, 0.2) is 52.2 Å². The minimum absolute atomic E-state index is 0.155. The second-order valence-electron chi connectivity index (χ2n) is 6.54. The van der Waals surface area contributed by atoms with Gasteiger partial charge in [0, 0.05) is 29.7 Å². The average Bonchev–Trinajstić information content (AvgIpc) is 2.70. The minimum atomic E-state index is 0.155. The summed E-state index contributed by atoms with van der Waals surface area (Å²) < 4.78 is 0.973. The van der Waals surface area contributed by atoms with Gasteiger partial charge in [0.05, 0.1) is 23.7 Å². The SMILES string of the molecule is O=C(Cc1ccc(Cl)c(I)c1)N1CCN(C2=NN3C=NCC=C3C=C2)CC1. The van der Waals surface area contributed by atoms with Crippen LogP contribution in [0, 0.1) is 3.57 Å². The Morgan fingerprint density at radius 2 is 2.00 bits per heavy atom. The predicted octanol–water partition coefficient (Wildman–Crippen LogP) is 2.74. The summed E-state index contributed by atoms with van der Waals surface area (Å²) in [4.78, 5) is 21.0. The first-order valence-corrected chi connectivity index (χ1v) is 10.3. The summed E-state index contributed by atoms with van der Waals surface area (Å²) in [6, 6.07) is 5.75. The molecule has 0 aliphatic carbocycles. The van der Waals surface area contributed by atoms with Crippen molar-refractivity contribution in [3.63, 3.8) is 0 Å². The van der Waals surface area contributed by atoms with Crippen molar-refractivity contribution in [3.8, 4) is 0 Å². The van der Waals surface area contributed by atoms with Crippen LogP contribution >= 0.6 is 34.2 Å². The van der Waals surface area contributed by atoms with Crippen molar-refractivity contribution in [1.29, 1.82) is 0 Å². The number of benzene rings is 1. The third-order valence-electron chi connectivity index (χ3n) is 4.77. The van der Waals surface area contributed by atoms with Crippen LogP contribution in [0.25, 0.3) is 0 Å². The first kappa shape index (κ1) is 18.5. The maximum absolute atomic E-state index is 12.6. The molecule has 1 amide bonds. The fourth-order valence-electron chi connectivity index (χ4n) is 3.25. The molecule has 0 saturated carbocycles. The number of allylic oxidation sites excluding steroid dienone is 1. The lowest BCUT2D eigenvalue weighted by molar-refractivity contribution is -0.131. The number of piperazine rings is 1. The van der Waals surface area contributed by atoms with Crippen LogP contribution in [-0.2, 0) is 11.2 Å². The summed E-state index contributed by atoms with van der Waals surface area (Å²) in [6.45, 7) is 3.66. The molecule has 3 heterocycles. The first-order chi connectivity index (χ1) is 13.1. The maximum Gasteiger partial charge on any atom is 0.227 e. The van der Waals surface area contributed by atoms with Crippen molar-refractivity contribution >= 4 is 52.3 Å². The number of carbonyl (C=O) groups excluding carboxylic acids is 1. The highest BCUT2D eigenvalue weighted by Gasteiger charge is 2.24. The largest absolute Gasteiger partial charge is 0.352 e. The Morgan fingerprint density at radius 1 is 1.19 bits per heavy atom. The van der Waals surface area contributed by atoms with E-state index in [2.05, 4.69) is 43.7 Å². The monoisotopic (exact) mass is 495 g/mol. The first-order valence-electron chi connectivity index (χ1n) is 8.83. The fraction of sp³-hybridized carbons (Fsp3) is 0.316. The number of hydrogen-bond acceptors (Lipinski definition) is 5. The Bertz CT molecular complexity index is 871. The zero-order chi connectivity index (χ0) is 18.8. The molecule has 4 rings (SSSR count). The van der Waals surface area contributed by atoms with Gasteiger partial charge in [-0.2, -0.15) is 0 Å². The molecule has 0 radical (unpaired) electrons. The van der Waals surface area contributed by atoms with Crippen molar-refractivity contribution in [2.45, 2.75) is 6.42 Å². The smallest absolute Gasteiger partial charge is 0.227 e. The van der Waals surface area contributed by atoms with Crippen LogP contribution in [0.1, 0.15) is 5.56 Å². The molecule has 0 bridgehead atoms. The van der Waals surface area contributed by atoms with Crippen LogP contribution in [0.2, 0.25) is 5.02 Å². The second kappa shape index (κ2) is 8.02. The van der Waals surface area contributed by atoms with Crippen molar-refractivity contribution < 1.29 is 4.79 Å². The predicted molar refractivity (Wildman–Crippen MR) is 116 cm³/mol. The molecular weight excluding hydrogens is 477 g/mol. The standard InChI is InChI=1S/C19H19ClIN5O/c20-16-3-1-14(11-17(16)21)12-19(27)25-9-7-24(8-10-25)18-4-2-15-5-6-22-13-26(15)23-18/h1-5,11,13H,6-10,12H2. The number of hydrazone groups is 1. The summed E-state index contributed by atoms with van der Waals surface area (Å²) in [6.07, 6.45) is 8.31. The molecule has 1 saturated heterocycles. The van der Waals surface area contributed by atoms with E-state index in [1.165, 1.54) is 0 Å². The second-order valence-corrected chi connectivity index (χ2v) is 8.11. The van der Waals surface area contributed by atoms with E-state index in [-0.39, 0.29) is 5.91 Å². The Hall–Kier alpha value is -1.87. The highest BCUT2D eigenvalue weighted by Crippen LogP contribution is 2.20. The summed E-state index contributed by atoms with van der Waals surface area (Å²) in [7, 11) is 0. The molecule has 0 N–H and O–H groups in total. The molecule has 140 valence electrons. The number of fused-ring (bicyclic) bond motifs is 1. The Kier molecular flexibility index (Phi) is 5.49. The summed E-state index contributed by atoms with van der Waals surface area (Å²) >= 11 is 8.25. The van der Waals surface area contributed by atoms with Gasteiger partial charge in [-0.1, -0.05) is 17.7 Å². The van der Waals surface area contributed by atoms with E-state index in [1.54, 1.807) is 11.3 Å². The number of aliphatic imine (C=N–C) groups is 1. The molecule has 0 unspecified atom stereocenters. The maximum atomic E-state index is 12.6. The van der Waals surface area contributed by atoms with Gasteiger partial charge in [-0.05, 0) is 58.5 Å². The molecule has 0 atom stereocenters. The van der Waals surface area contributed by atoms with Gasteiger partial charge in [-0.3, -0.25) is 9.79 Å². The zero-order valence-corrected chi connectivity index (χ0v) is 17.6. The normalized spacial score (nSPS) is 19.0. The highest BCUT2D eigenvalue weighted by molar-refractivity contribution is 14.1. The van der Waals surface area contributed by atoms with E-state index in [0.29, 0.717) is 26.1 Å². The third-order valence-corrected chi connectivity index (χ3v) is 6.31. The number of amidine groups is 1. The summed E-state index contributed by atoms with van der Waals surface area (Å²) in [5.41, 5.74) is 2.06. The van der Waals surface area contributed by atoms with Crippen molar-refractivity contribution in [2.75, 3.05) is 32.7 Å². The molecule has 1 fully saturated rings. The van der Waals surface area contributed by atoms with Gasteiger partial charge in [0.15, 0.2) is 0 Å². The van der Waals surface area contributed by atoms with E-state index >= 15 is 0 Å². The van der Waals surface area contributed by atoms with Gasteiger partial charge in [0.25, 0.3) is 0 Å². The van der Waals surface area contributed by atoms with Crippen LogP contribution in [0.3, 0.4) is 0 Å². The molecule has 0 spiro atoms. The molecule has 6 nitrogen and oxygen atoms in total. The molecule has 8 heteroatoms. The van der Waals surface area contributed by atoms with Crippen LogP contribution in [0.4, 0.5) is 0 Å². The molecular formula is C19H19ClIN5O. The van der Waals surface area contributed by atoms with Gasteiger partial charge >= 0.3 is 0 Å². The number of nitrogens with zero attached hydrogens (tertiary/aromatic N) is 5. The number of rotatable bonds is 2. The minimum Gasteiger partial charge on any atom is -0.352 e. The Morgan fingerprint density at radius 3 is 2.78 bits per heavy atom. The number of hydrogen-bond donors (Lipinski definition) is 0. The van der Waals surface area contributed by atoms with Gasteiger partial charge in [-0.15, -0.1) is 5.10 Å². The molecule has 3 aliphatic heterocycles. The number of halogens is 2. The highest BCUT2D eigenvalue weighted by atomic mass is 127. The lowest BCUT2D eigenvalue weighted by Gasteiger charge is -2.37. The molecule has 1 aromatic carbocycles. The quantitative estimate of drug-likeness (QED) is 0.593. The van der Waals surface area contributed by atoms with E-state index in [4.69, 9.17) is 11.6 Å². The molecule has 1 aromatic rings. The fourth-order valence-corrected chi connectivity index (χ4v) is 3.95. The molecule has 0 aromatic heterocycles. The van der Waals surface area contributed by atoms with E-state index in [9.17, 15) is 4.79 Å². The van der Waals surface area contributed by atoms with Crippen molar-refractivity contribution in [3.05, 3.63) is 56.3 Å². The third kappa shape index (κ3) is 4.19. The van der Waals surface area contributed by atoms with Gasteiger partial charge < -0.3 is 9.80 Å². The molecule has 27 heavy (non-hydrogen) atoms. The van der Waals surface area contributed by atoms with E-state index in [1.807, 2.05) is 35.3 Å². The van der Waals surface area contributed by atoms with Gasteiger partial charge in [0.1, 0.15) is 12.2 Å². The van der Waals surface area contributed by atoms with Crippen molar-refractivity contribution in [1.82, 2.24) is 14.8 Å². The topological polar surface area (TPSA) is 51.5 Å². The van der Waals surface area contributed by atoms with Crippen molar-refractivity contribution in [2.24, 2.45) is 10.1 Å². The van der Waals surface area contributed by atoms with E-state index < -0.39 is 0 Å². The molecule has 3 aliphatic rings. The number of carbonyl (C=O) groups is 1. The van der Waals surface area contributed by atoms with Crippen LogP contribution in [0.5, 0.6) is 0 Å².